The van der Waals surface area contributed by atoms with E-state index in [9.17, 15) is 26.3 Å². The lowest BCUT2D eigenvalue weighted by Crippen LogP contribution is -2.69. The number of hydrogen-bond donors (Lipinski definition) is 1. The molecule has 0 amide bonds. The third-order valence-electron chi connectivity index (χ3n) is 6.33. The number of alkyl halides is 6. The molecule has 1 saturated heterocycles. The molecule has 0 saturated carbocycles. The molecular weight excluding hydrogens is 472 g/mol. The number of rotatable bonds is 8. The molecule has 0 aromatic heterocycles. The summed E-state index contributed by atoms with van der Waals surface area (Å²) >= 11 is 0. The van der Waals surface area contributed by atoms with Gasteiger partial charge in [-0.1, -0.05) is 48.5 Å². The van der Waals surface area contributed by atoms with Gasteiger partial charge >= 0.3 is 12.4 Å². The molecule has 1 N–H and O–H groups in total. The van der Waals surface area contributed by atoms with Crippen LogP contribution in [-0.4, -0.2) is 67.0 Å². The van der Waals surface area contributed by atoms with E-state index < -0.39 is 49.6 Å². The number of piperazine rings is 1. The number of nitrogens with zero attached hydrogens (tertiary/aromatic N) is 2. The largest absolute Gasteiger partial charge is 0.496 e. The molecule has 10 heteroatoms. The van der Waals surface area contributed by atoms with Gasteiger partial charge in [-0.3, -0.25) is 9.80 Å². The van der Waals surface area contributed by atoms with Crippen molar-refractivity contribution in [2.45, 2.75) is 56.9 Å². The van der Waals surface area contributed by atoms with Crippen LogP contribution in [-0.2, 0) is 6.54 Å². The van der Waals surface area contributed by atoms with Gasteiger partial charge in [0.2, 0.25) is 0 Å². The number of ether oxygens (including phenoxy) is 1. The van der Waals surface area contributed by atoms with Crippen molar-refractivity contribution in [2.75, 3.05) is 26.7 Å². The molecular formula is C25H31F6N3O. The first kappa shape index (κ1) is 27.3. The van der Waals surface area contributed by atoms with E-state index in [-0.39, 0.29) is 6.54 Å². The zero-order chi connectivity index (χ0) is 25.8. The molecule has 2 aromatic rings. The molecule has 3 atom stereocenters. The van der Waals surface area contributed by atoms with Crippen LogP contribution in [0.25, 0.3) is 0 Å². The smallest absolute Gasteiger partial charge is 0.405 e. The number of methoxy groups -OCH3 is 1. The van der Waals surface area contributed by atoms with Crippen LogP contribution in [0.4, 0.5) is 26.3 Å². The summed E-state index contributed by atoms with van der Waals surface area (Å²) < 4.78 is 90.0. The van der Waals surface area contributed by atoms with Gasteiger partial charge in [0.1, 0.15) is 17.8 Å². The van der Waals surface area contributed by atoms with Gasteiger partial charge in [-0.05, 0) is 25.5 Å². The van der Waals surface area contributed by atoms with E-state index in [1.165, 1.54) is 25.9 Å². The molecule has 3 rings (SSSR count). The van der Waals surface area contributed by atoms with Crippen LogP contribution in [0.2, 0.25) is 0 Å². The summed E-state index contributed by atoms with van der Waals surface area (Å²) in [6.07, 6.45) is -9.65. The fourth-order valence-corrected chi connectivity index (χ4v) is 4.77. The Bertz CT molecular complexity index is 911. The fourth-order valence-electron chi connectivity index (χ4n) is 4.77. The Balaban J connectivity index is 1.98. The minimum atomic E-state index is -4.82. The van der Waals surface area contributed by atoms with Gasteiger partial charge in [-0.25, -0.2) is 0 Å². The first-order chi connectivity index (χ1) is 16.4. The van der Waals surface area contributed by atoms with Crippen LogP contribution in [0.15, 0.2) is 54.6 Å². The third-order valence-corrected chi connectivity index (χ3v) is 6.33. The van der Waals surface area contributed by atoms with Gasteiger partial charge in [-0.2, -0.15) is 26.3 Å². The van der Waals surface area contributed by atoms with Crippen molar-refractivity contribution in [3.8, 4) is 5.75 Å². The van der Waals surface area contributed by atoms with E-state index in [0.29, 0.717) is 22.8 Å². The Labute approximate surface area is 201 Å². The van der Waals surface area contributed by atoms with Crippen molar-refractivity contribution in [2.24, 2.45) is 0 Å². The van der Waals surface area contributed by atoms with E-state index >= 15 is 0 Å². The van der Waals surface area contributed by atoms with Gasteiger partial charge < -0.3 is 10.1 Å². The predicted octanol–water partition coefficient (Wildman–Crippen LogP) is 5.41. The van der Waals surface area contributed by atoms with Crippen molar-refractivity contribution in [3.05, 3.63) is 65.7 Å². The second-order valence-corrected chi connectivity index (χ2v) is 8.98. The average Bonchev–Trinajstić information content (AvgIpc) is 2.80. The molecule has 2 aromatic carbocycles. The van der Waals surface area contributed by atoms with Gasteiger partial charge in [0.05, 0.1) is 13.2 Å². The molecule has 1 fully saturated rings. The van der Waals surface area contributed by atoms with Gasteiger partial charge in [0.25, 0.3) is 0 Å². The van der Waals surface area contributed by atoms with Gasteiger partial charge in [0.15, 0.2) is 0 Å². The Hall–Kier alpha value is -2.30. The summed E-state index contributed by atoms with van der Waals surface area (Å²) in [5.74, 6) is 0.414. The predicted molar refractivity (Wildman–Crippen MR) is 122 cm³/mol. The average molecular weight is 504 g/mol. The summed E-state index contributed by atoms with van der Waals surface area (Å²) in [6, 6.07) is 9.93. The molecule has 1 aliphatic heterocycles. The van der Waals surface area contributed by atoms with Gasteiger partial charge in [-0.15, -0.1) is 0 Å². The first-order valence-corrected chi connectivity index (χ1v) is 11.5. The normalized spacial score (nSPS) is 21.3. The van der Waals surface area contributed by atoms with Crippen molar-refractivity contribution < 1.29 is 31.1 Å². The summed E-state index contributed by atoms with van der Waals surface area (Å²) in [5, 5.41) is 3.22. The number of nitrogens with one attached hydrogen (secondary N) is 1. The molecule has 0 radical (unpaired) electrons. The Morgan fingerprint density at radius 3 is 1.94 bits per heavy atom. The number of para-hydroxylation sites is 1. The number of benzene rings is 2. The molecule has 194 valence electrons. The lowest BCUT2D eigenvalue weighted by molar-refractivity contribution is -0.262. The van der Waals surface area contributed by atoms with Crippen LogP contribution >= 0.6 is 0 Å². The van der Waals surface area contributed by atoms with Crippen LogP contribution < -0.4 is 10.1 Å². The zero-order valence-corrected chi connectivity index (χ0v) is 19.9. The lowest BCUT2D eigenvalue weighted by Gasteiger charge is -2.51. The number of halogens is 6. The van der Waals surface area contributed by atoms with Crippen LogP contribution in [0.3, 0.4) is 0 Å². The minimum Gasteiger partial charge on any atom is -0.496 e. The minimum absolute atomic E-state index is 0.145. The van der Waals surface area contributed by atoms with E-state index in [4.69, 9.17) is 4.74 Å². The van der Waals surface area contributed by atoms with E-state index in [0.717, 1.165) is 5.56 Å². The highest BCUT2D eigenvalue weighted by molar-refractivity contribution is 5.36. The molecule has 0 spiro atoms. The van der Waals surface area contributed by atoms with Crippen LogP contribution in [0.1, 0.15) is 31.0 Å². The second-order valence-electron chi connectivity index (χ2n) is 8.98. The summed E-state index contributed by atoms with van der Waals surface area (Å²) in [7, 11) is 1.43. The zero-order valence-electron chi connectivity index (χ0n) is 19.9. The second kappa shape index (κ2) is 11.2. The Kier molecular flexibility index (Phi) is 8.72. The molecule has 1 heterocycles. The third kappa shape index (κ3) is 6.68. The van der Waals surface area contributed by atoms with Crippen molar-refractivity contribution in [1.29, 1.82) is 0 Å². The maximum absolute atomic E-state index is 14.1. The summed E-state index contributed by atoms with van der Waals surface area (Å²) in [5.41, 5.74) is 1.49. The molecule has 0 bridgehead atoms. The van der Waals surface area contributed by atoms with Crippen molar-refractivity contribution >= 4 is 0 Å². The first-order valence-electron chi connectivity index (χ1n) is 11.5. The standard InChI is InChI=1S/C25H31F6N3O/c1-17(2)34-22(24(26,27)28)15-33(16-23(34)25(29,30)31)20(19-11-7-8-12-21(19)35-3)14-32-13-18-9-5-4-6-10-18/h4-12,17,20,22-23,32H,13-16H2,1-3H3. The highest BCUT2D eigenvalue weighted by Gasteiger charge is 2.57. The topological polar surface area (TPSA) is 27.7 Å². The SMILES string of the molecule is COc1ccccc1C(CNCc1ccccc1)N1CC(C(F)(F)F)N(C(C)C)C(C(F)(F)F)C1. The molecule has 1 aliphatic rings. The summed E-state index contributed by atoms with van der Waals surface area (Å²) in [6.45, 7) is 2.14. The highest BCUT2D eigenvalue weighted by atomic mass is 19.4. The van der Waals surface area contributed by atoms with Gasteiger partial charge in [0, 0.05) is 37.8 Å². The van der Waals surface area contributed by atoms with E-state index in [2.05, 4.69) is 5.32 Å². The molecule has 4 nitrogen and oxygen atoms in total. The highest BCUT2D eigenvalue weighted by Crippen LogP contribution is 2.41. The van der Waals surface area contributed by atoms with Crippen molar-refractivity contribution in [3.63, 3.8) is 0 Å². The van der Waals surface area contributed by atoms with E-state index in [1.807, 2.05) is 30.3 Å². The Morgan fingerprint density at radius 2 is 1.43 bits per heavy atom. The van der Waals surface area contributed by atoms with Crippen LogP contribution in [0, 0.1) is 0 Å². The molecule has 3 unspecified atom stereocenters. The fraction of sp³-hybridized carbons (Fsp3) is 0.520. The summed E-state index contributed by atoms with van der Waals surface area (Å²) in [4.78, 5) is 1.86. The lowest BCUT2D eigenvalue weighted by atomic mass is 9.96. The monoisotopic (exact) mass is 503 g/mol. The molecule has 35 heavy (non-hydrogen) atoms. The van der Waals surface area contributed by atoms with E-state index in [1.54, 1.807) is 24.3 Å². The quantitative estimate of drug-likeness (QED) is 0.488. The maximum Gasteiger partial charge on any atom is 0.405 e. The number of hydrogen-bond acceptors (Lipinski definition) is 4. The maximum atomic E-state index is 14.1. The Morgan fingerprint density at radius 1 is 0.886 bits per heavy atom. The van der Waals surface area contributed by atoms with Crippen molar-refractivity contribution in [1.82, 2.24) is 15.1 Å². The molecule has 0 aliphatic carbocycles. The van der Waals surface area contributed by atoms with Crippen LogP contribution in [0.5, 0.6) is 5.75 Å².